The number of para-hydroxylation sites is 1. The maximum Gasteiger partial charge on any atom is 0.267 e. The average Bonchev–Trinajstić information content (AvgIpc) is 2.91. The quantitative estimate of drug-likeness (QED) is 0.184. The van der Waals surface area contributed by atoms with Gasteiger partial charge in [-0.2, -0.15) is 0 Å². The Labute approximate surface area is 204 Å². The highest BCUT2D eigenvalue weighted by atomic mass is 16.5. The molecule has 0 aliphatic rings. The van der Waals surface area contributed by atoms with Crippen LogP contribution >= 0.6 is 0 Å². The molecule has 2 amide bonds. The van der Waals surface area contributed by atoms with Crippen molar-refractivity contribution >= 4 is 11.8 Å². The molecule has 0 saturated carbocycles. The van der Waals surface area contributed by atoms with Crippen molar-refractivity contribution in [2.45, 2.75) is 19.1 Å². The van der Waals surface area contributed by atoms with Crippen LogP contribution in [0.1, 0.15) is 32.6 Å². The molecule has 6 N–H and O–H groups in total. The first-order valence-corrected chi connectivity index (χ1v) is 11.0. The molecule has 3 aromatic rings. The maximum absolute atomic E-state index is 12.3. The van der Waals surface area contributed by atoms with Gasteiger partial charge in [-0.05, 0) is 48.0 Å². The Bertz CT molecular complexity index is 1200. The third-order valence-corrected chi connectivity index (χ3v) is 5.26. The molecular formula is C27H28N4O4. The van der Waals surface area contributed by atoms with E-state index >= 15 is 0 Å². The normalized spacial score (nSPS) is 11.1. The lowest BCUT2D eigenvalue weighted by atomic mass is 10.1. The number of hydrogen-bond acceptors (Lipinski definition) is 6. The van der Waals surface area contributed by atoms with E-state index in [9.17, 15) is 9.59 Å². The molecule has 0 aromatic heterocycles. The molecule has 0 unspecified atom stereocenters. The summed E-state index contributed by atoms with van der Waals surface area (Å²) in [7, 11) is 1.67. The zero-order chi connectivity index (χ0) is 25.0. The summed E-state index contributed by atoms with van der Waals surface area (Å²) in [4.78, 5) is 23.7. The Balaban J connectivity index is 1.53. The SMILES string of the molecule is COc1ccccc1CNCc1ccc(C#Cc2ccc(C(=O)N[C@@H](CN)C(=O)NO)cc2)cc1. The Hall–Kier alpha value is -4.16. The number of ether oxygens (including phenoxy) is 1. The van der Waals surface area contributed by atoms with Crippen molar-refractivity contribution in [2.75, 3.05) is 13.7 Å². The minimum atomic E-state index is -1.02. The molecule has 3 rings (SSSR count). The van der Waals surface area contributed by atoms with E-state index in [-0.39, 0.29) is 6.54 Å². The van der Waals surface area contributed by atoms with Crippen molar-refractivity contribution in [3.8, 4) is 17.6 Å². The number of benzene rings is 3. The average molecular weight is 473 g/mol. The van der Waals surface area contributed by atoms with E-state index in [0.717, 1.165) is 34.5 Å². The van der Waals surface area contributed by atoms with Crippen molar-refractivity contribution < 1.29 is 19.5 Å². The van der Waals surface area contributed by atoms with Crippen LogP contribution in [0.25, 0.3) is 0 Å². The first-order chi connectivity index (χ1) is 17.0. The van der Waals surface area contributed by atoms with Gasteiger partial charge in [-0.25, -0.2) is 5.48 Å². The Morgan fingerprint density at radius 3 is 2.17 bits per heavy atom. The zero-order valence-corrected chi connectivity index (χ0v) is 19.4. The fourth-order valence-corrected chi connectivity index (χ4v) is 3.30. The molecule has 0 saturated heterocycles. The summed E-state index contributed by atoms with van der Waals surface area (Å²) in [5, 5.41) is 14.6. The molecule has 0 bridgehead atoms. The largest absolute Gasteiger partial charge is 0.496 e. The number of hydrogen-bond donors (Lipinski definition) is 5. The highest BCUT2D eigenvalue weighted by molar-refractivity contribution is 5.97. The number of nitrogens with two attached hydrogens (primary N) is 1. The van der Waals surface area contributed by atoms with E-state index in [1.54, 1.807) is 31.4 Å². The van der Waals surface area contributed by atoms with Gasteiger partial charge in [0.25, 0.3) is 11.8 Å². The van der Waals surface area contributed by atoms with E-state index < -0.39 is 17.9 Å². The van der Waals surface area contributed by atoms with E-state index in [1.807, 2.05) is 48.5 Å². The number of nitrogens with one attached hydrogen (secondary N) is 3. The van der Waals surface area contributed by atoms with E-state index in [4.69, 9.17) is 15.7 Å². The molecule has 35 heavy (non-hydrogen) atoms. The van der Waals surface area contributed by atoms with E-state index in [1.165, 1.54) is 5.48 Å². The first kappa shape index (κ1) is 25.5. The standard InChI is InChI=1S/C27H28N4O4/c1-35-25-5-3-2-4-23(25)18-29-17-21-10-8-19(9-11-21)6-7-20-12-14-22(15-13-20)26(32)30-24(16-28)27(33)31-34/h2-5,8-15,24,29,34H,16-18,28H2,1H3,(H,30,32)(H,31,33)/t24-/m0/s1. The van der Waals surface area contributed by atoms with E-state index in [0.29, 0.717) is 12.1 Å². The number of carbonyl (C=O) groups is 2. The summed E-state index contributed by atoms with van der Waals surface area (Å²) in [5.74, 6) is 5.81. The van der Waals surface area contributed by atoms with E-state index in [2.05, 4.69) is 22.5 Å². The lowest BCUT2D eigenvalue weighted by molar-refractivity contribution is -0.130. The van der Waals surface area contributed by atoms with Crippen LogP contribution in [0.15, 0.2) is 72.8 Å². The minimum absolute atomic E-state index is 0.141. The van der Waals surface area contributed by atoms with Gasteiger partial charge in [0.05, 0.1) is 7.11 Å². The molecular weight excluding hydrogens is 444 g/mol. The molecule has 1 atom stereocenters. The number of hydroxylamine groups is 1. The Morgan fingerprint density at radius 2 is 1.57 bits per heavy atom. The van der Waals surface area contributed by atoms with Gasteiger partial charge in [-0.3, -0.25) is 14.8 Å². The number of carbonyl (C=O) groups excluding carboxylic acids is 2. The molecule has 8 heteroatoms. The maximum atomic E-state index is 12.3. The highest BCUT2D eigenvalue weighted by Crippen LogP contribution is 2.17. The Kier molecular flexibility index (Phi) is 9.39. The van der Waals surface area contributed by atoms with Crippen molar-refractivity contribution in [3.63, 3.8) is 0 Å². The summed E-state index contributed by atoms with van der Waals surface area (Å²) < 4.78 is 5.38. The summed E-state index contributed by atoms with van der Waals surface area (Å²) in [5.41, 5.74) is 11.2. The minimum Gasteiger partial charge on any atom is -0.496 e. The summed E-state index contributed by atoms with van der Waals surface area (Å²) in [6, 6.07) is 21.6. The summed E-state index contributed by atoms with van der Waals surface area (Å²) in [6.45, 7) is 1.29. The highest BCUT2D eigenvalue weighted by Gasteiger charge is 2.19. The van der Waals surface area contributed by atoms with Crippen molar-refractivity contribution in [1.29, 1.82) is 0 Å². The second-order valence-corrected chi connectivity index (χ2v) is 7.68. The predicted molar refractivity (Wildman–Crippen MR) is 133 cm³/mol. The summed E-state index contributed by atoms with van der Waals surface area (Å²) >= 11 is 0. The molecule has 0 fully saturated rings. The predicted octanol–water partition coefficient (Wildman–Crippen LogP) is 1.95. The molecule has 0 aliphatic heterocycles. The topological polar surface area (TPSA) is 126 Å². The lowest BCUT2D eigenvalue weighted by Crippen LogP contribution is -2.50. The monoisotopic (exact) mass is 472 g/mol. The second-order valence-electron chi connectivity index (χ2n) is 7.68. The number of amides is 2. The van der Waals surface area contributed by atoms with Gasteiger partial charge >= 0.3 is 0 Å². The molecule has 0 aliphatic carbocycles. The van der Waals surface area contributed by atoms with Crippen molar-refractivity contribution in [1.82, 2.24) is 16.1 Å². The third-order valence-electron chi connectivity index (χ3n) is 5.26. The zero-order valence-electron chi connectivity index (χ0n) is 19.4. The molecule has 0 radical (unpaired) electrons. The van der Waals surface area contributed by atoms with Gasteiger partial charge in [-0.15, -0.1) is 0 Å². The van der Waals surface area contributed by atoms with Gasteiger partial charge in [0.1, 0.15) is 11.8 Å². The van der Waals surface area contributed by atoms with Gasteiger partial charge < -0.3 is 21.1 Å². The second kappa shape index (κ2) is 12.9. The van der Waals surface area contributed by atoms with Crippen LogP contribution in [-0.4, -0.2) is 36.7 Å². The fraction of sp³-hybridized carbons (Fsp3) is 0.185. The van der Waals surface area contributed by atoms with Gasteiger partial charge in [0.15, 0.2) is 0 Å². The molecule has 0 heterocycles. The smallest absolute Gasteiger partial charge is 0.267 e. The first-order valence-electron chi connectivity index (χ1n) is 11.0. The number of methoxy groups -OCH3 is 1. The van der Waals surface area contributed by atoms with Gasteiger partial charge in [0, 0.05) is 41.9 Å². The van der Waals surface area contributed by atoms with Gasteiger partial charge in [0.2, 0.25) is 0 Å². The third kappa shape index (κ3) is 7.42. The van der Waals surface area contributed by atoms with Crippen LogP contribution < -0.4 is 26.6 Å². The number of rotatable bonds is 9. The van der Waals surface area contributed by atoms with Crippen LogP contribution in [0.4, 0.5) is 0 Å². The summed E-state index contributed by atoms with van der Waals surface area (Å²) in [6.07, 6.45) is 0. The molecule has 3 aromatic carbocycles. The van der Waals surface area contributed by atoms with Crippen LogP contribution in [0.5, 0.6) is 5.75 Å². The molecule has 0 spiro atoms. The fourth-order valence-electron chi connectivity index (χ4n) is 3.30. The van der Waals surface area contributed by atoms with Crippen LogP contribution in [0.2, 0.25) is 0 Å². The van der Waals surface area contributed by atoms with Crippen LogP contribution in [0.3, 0.4) is 0 Å². The Morgan fingerprint density at radius 1 is 0.943 bits per heavy atom. The van der Waals surface area contributed by atoms with Crippen molar-refractivity contribution in [2.24, 2.45) is 5.73 Å². The molecule has 180 valence electrons. The van der Waals surface area contributed by atoms with Crippen LogP contribution in [0, 0.1) is 11.8 Å². The van der Waals surface area contributed by atoms with Crippen LogP contribution in [-0.2, 0) is 17.9 Å². The van der Waals surface area contributed by atoms with Gasteiger partial charge in [-0.1, -0.05) is 42.2 Å². The lowest BCUT2D eigenvalue weighted by Gasteiger charge is -2.14. The molecule has 8 nitrogen and oxygen atoms in total. The van der Waals surface area contributed by atoms with Crippen molar-refractivity contribution in [3.05, 3.63) is 101 Å².